The highest BCUT2D eigenvalue weighted by Crippen LogP contribution is 2.41. The number of aliphatic hydroxyl groups is 1. The summed E-state index contributed by atoms with van der Waals surface area (Å²) >= 11 is 0. The Bertz CT molecular complexity index is 1300. The average Bonchev–Trinajstić information content (AvgIpc) is 3.07. The van der Waals surface area contributed by atoms with Crippen LogP contribution in [0.15, 0.2) is 41.2 Å². The van der Waals surface area contributed by atoms with Crippen molar-refractivity contribution in [3.63, 3.8) is 0 Å². The van der Waals surface area contributed by atoms with Crippen molar-refractivity contribution in [2.75, 3.05) is 0 Å². The van der Waals surface area contributed by atoms with Crippen molar-refractivity contribution in [3.8, 4) is 11.4 Å². The summed E-state index contributed by atoms with van der Waals surface area (Å²) in [7, 11) is 0. The molecular formula is C21H18N4O4. The number of nitrogens with zero attached hydrogens (tertiary/aromatic N) is 2. The summed E-state index contributed by atoms with van der Waals surface area (Å²) in [4.78, 5) is 30.6. The predicted octanol–water partition coefficient (Wildman–Crippen LogP) is 1.56. The fourth-order valence-electron chi connectivity index (χ4n) is 4.21. The zero-order valence-corrected chi connectivity index (χ0v) is 15.6. The van der Waals surface area contributed by atoms with Gasteiger partial charge in [0.2, 0.25) is 0 Å². The summed E-state index contributed by atoms with van der Waals surface area (Å²) in [5.41, 5.74) is 6.17. The summed E-state index contributed by atoms with van der Waals surface area (Å²) in [5.74, 6) is -1.38. The monoisotopic (exact) mass is 390 g/mol. The number of aromatic nitrogens is 2. The summed E-state index contributed by atoms with van der Waals surface area (Å²) in [6, 6.07) is 11.3. The van der Waals surface area contributed by atoms with Gasteiger partial charge in [-0.15, -0.1) is 0 Å². The van der Waals surface area contributed by atoms with E-state index in [0.717, 1.165) is 16.5 Å². The van der Waals surface area contributed by atoms with Gasteiger partial charge in [-0.1, -0.05) is 25.1 Å². The molecule has 2 atom stereocenters. The van der Waals surface area contributed by atoms with Crippen molar-refractivity contribution in [3.05, 3.63) is 63.4 Å². The van der Waals surface area contributed by atoms with Gasteiger partial charge in [0.05, 0.1) is 29.0 Å². The summed E-state index contributed by atoms with van der Waals surface area (Å²) in [5, 5.41) is 19.8. The van der Waals surface area contributed by atoms with Gasteiger partial charge in [-0.3, -0.25) is 10.2 Å². The number of carbonyl (C=O) groups is 1. The molecule has 146 valence electrons. The predicted molar refractivity (Wildman–Crippen MR) is 105 cm³/mol. The Kier molecular flexibility index (Phi) is 3.48. The second kappa shape index (κ2) is 5.74. The van der Waals surface area contributed by atoms with E-state index in [1.807, 2.05) is 30.3 Å². The molecule has 2 aromatic heterocycles. The number of rotatable bonds is 2. The molecule has 0 bridgehead atoms. The zero-order valence-electron chi connectivity index (χ0n) is 15.6. The average molecular weight is 390 g/mol. The molecule has 0 aliphatic carbocycles. The van der Waals surface area contributed by atoms with Gasteiger partial charge in [0, 0.05) is 16.5 Å². The van der Waals surface area contributed by atoms with Gasteiger partial charge in [0.15, 0.2) is 11.7 Å². The lowest BCUT2D eigenvalue weighted by molar-refractivity contribution is -0.174. The van der Waals surface area contributed by atoms with Crippen LogP contribution in [0, 0.1) is 5.41 Å². The van der Waals surface area contributed by atoms with Crippen LogP contribution in [0.25, 0.3) is 22.3 Å². The van der Waals surface area contributed by atoms with Crippen molar-refractivity contribution in [1.82, 2.24) is 9.55 Å². The van der Waals surface area contributed by atoms with Crippen LogP contribution in [0.5, 0.6) is 0 Å². The van der Waals surface area contributed by atoms with Crippen LogP contribution in [0.2, 0.25) is 0 Å². The maximum absolute atomic E-state index is 13.4. The molecular weight excluding hydrogens is 372 g/mol. The number of nitrogens with two attached hydrogens (primary N) is 1. The Balaban J connectivity index is 1.83. The lowest BCUT2D eigenvalue weighted by atomic mass is 9.83. The number of nitrogens with one attached hydrogen (secondary N) is 1. The molecule has 0 spiro atoms. The lowest BCUT2D eigenvalue weighted by Crippen LogP contribution is -2.48. The zero-order chi connectivity index (χ0) is 20.5. The van der Waals surface area contributed by atoms with Crippen molar-refractivity contribution in [2.24, 2.45) is 5.73 Å². The minimum absolute atomic E-state index is 0.0182. The standard InChI is InChI=1S/C21H18N4O4/c1-2-21(28)12-8-14-16-11(7-10-5-3-4-6-13(10)24-16)9-25(14)19(26)15(12)17(18(22)23)29-20(21)27/h3-8,17,28H,2,9H2,1H3,(H3,22,23)/t17?,21-/m0/s1. The third kappa shape index (κ3) is 2.23. The number of hydrogen-bond acceptors (Lipinski definition) is 6. The quantitative estimate of drug-likeness (QED) is 0.270. The molecule has 3 aromatic rings. The number of benzene rings is 1. The third-order valence-electron chi connectivity index (χ3n) is 5.78. The number of hydrogen-bond donors (Lipinski definition) is 3. The highest BCUT2D eigenvalue weighted by Gasteiger charge is 2.49. The second-order valence-corrected chi connectivity index (χ2v) is 7.39. The number of esters is 1. The van der Waals surface area contributed by atoms with Crippen molar-refractivity contribution in [2.45, 2.75) is 31.6 Å². The third-order valence-corrected chi connectivity index (χ3v) is 5.78. The van der Waals surface area contributed by atoms with Crippen LogP contribution >= 0.6 is 0 Å². The topological polar surface area (TPSA) is 131 Å². The van der Waals surface area contributed by atoms with Crippen LogP contribution in [0.4, 0.5) is 0 Å². The second-order valence-electron chi connectivity index (χ2n) is 7.39. The molecule has 0 fully saturated rings. The first-order valence-electron chi connectivity index (χ1n) is 9.29. The van der Waals surface area contributed by atoms with Gasteiger partial charge < -0.3 is 20.1 Å². The van der Waals surface area contributed by atoms with E-state index in [1.165, 1.54) is 4.57 Å². The number of ether oxygens (including phenoxy) is 1. The molecule has 5 rings (SSSR count). The summed E-state index contributed by atoms with van der Waals surface area (Å²) in [6.07, 6.45) is -1.30. The molecule has 0 saturated carbocycles. The molecule has 0 radical (unpaired) electrons. The molecule has 2 aliphatic rings. The molecule has 2 aliphatic heterocycles. The number of pyridine rings is 2. The van der Waals surface area contributed by atoms with Crippen LogP contribution in [0.1, 0.15) is 36.1 Å². The molecule has 1 unspecified atom stereocenters. The maximum atomic E-state index is 13.4. The fourth-order valence-corrected chi connectivity index (χ4v) is 4.21. The van der Waals surface area contributed by atoms with Crippen molar-refractivity contribution >= 4 is 22.7 Å². The molecule has 0 saturated heterocycles. The highest BCUT2D eigenvalue weighted by molar-refractivity contribution is 5.92. The largest absolute Gasteiger partial charge is 0.447 e. The highest BCUT2D eigenvalue weighted by atomic mass is 16.6. The van der Waals surface area contributed by atoms with Crippen LogP contribution < -0.4 is 11.3 Å². The van der Waals surface area contributed by atoms with Crippen LogP contribution in [-0.2, 0) is 21.7 Å². The molecule has 1 aromatic carbocycles. The fraction of sp³-hybridized carbons (Fsp3) is 0.238. The molecule has 8 heteroatoms. The molecule has 4 heterocycles. The van der Waals surface area contributed by atoms with Gasteiger partial charge in [0.1, 0.15) is 5.84 Å². The minimum atomic E-state index is -1.98. The lowest BCUT2D eigenvalue weighted by Gasteiger charge is -2.35. The number of cyclic esters (lactones) is 1. The van der Waals surface area contributed by atoms with E-state index in [1.54, 1.807) is 13.0 Å². The molecule has 4 N–H and O–H groups in total. The Labute approximate surface area is 165 Å². The first kappa shape index (κ1) is 17.6. The van der Waals surface area contributed by atoms with E-state index in [-0.39, 0.29) is 17.5 Å². The Morgan fingerprint density at radius 1 is 1.38 bits per heavy atom. The number of fused-ring (bicyclic) bond motifs is 5. The number of para-hydroxylation sites is 1. The Morgan fingerprint density at radius 2 is 2.14 bits per heavy atom. The molecule has 0 amide bonds. The minimum Gasteiger partial charge on any atom is -0.447 e. The van der Waals surface area contributed by atoms with Gasteiger partial charge >= 0.3 is 5.97 Å². The summed E-state index contributed by atoms with van der Waals surface area (Å²) in [6.45, 7) is 1.93. The molecule has 8 nitrogen and oxygen atoms in total. The van der Waals surface area contributed by atoms with Gasteiger partial charge in [-0.05, 0) is 24.6 Å². The maximum Gasteiger partial charge on any atom is 0.343 e. The molecule has 29 heavy (non-hydrogen) atoms. The van der Waals surface area contributed by atoms with E-state index in [0.29, 0.717) is 17.9 Å². The number of carbonyl (C=O) groups excluding carboxylic acids is 1. The normalized spacial score (nSPS) is 22.0. The van der Waals surface area contributed by atoms with Crippen molar-refractivity contribution < 1.29 is 14.6 Å². The first-order valence-corrected chi connectivity index (χ1v) is 9.29. The van der Waals surface area contributed by atoms with Crippen LogP contribution in [-0.4, -0.2) is 26.5 Å². The van der Waals surface area contributed by atoms with Gasteiger partial charge in [-0.25, -0.2) is 9.78 Å². The Morgan fingerprint density at radius 3 is 2.86 bits per heavy atom. The van der Waals surface area contributed by atoms with E-state index in [9.17, 15) is 14.7 Å². The van der Waals surface area contributed by atoms with Gasteiger partial charge in [0.25, 0.3) is 5.56 Å². The smallest absolute Gasteiger partial charge is 0.343 e. The van der Waals surface area contributed by atoms with Crippen LogP contribution in [0.3, 0.4) is 0 Å². The van der Waals surface area contributed by atoms with E-state index >= 15 is 0 Å². The summed E-state index contributed by atoms with van der Waals surface area (Å²) < 4.78 is 6.72. The van der Waals surface area contributed by atoms with E-state index in [4.69, 9.17) is 20.9 Å². The van der Waals surface area contributed by atoms with E-state index < -0.39 is 29.1 Å². The first-order chi connectivity index (χ1) is 13.8. The van der Waals surface area contributed by atoms with Crippen molar-refractivity contribution in [1.29, 1.82) is 5.41 Å². The number of amidine groups is 1. The SMILES string of the molecule is CC[C@@]1(O)C(=O)OC(C(=N)N)c2c1cc1n(c2=O)Cc2cc3ccccc3nc2-1. The Hall–Kier alpha value is -3.52. The van der Waals surface area contributed by atoms with E-state index in [2.05, 4.69) is 0 Å². The van der Waals surface area contributed by atoms with Gasteiger partial charge in [-0.2, -0.15) is 0 Å².